The van der Waals surface area contributed by atoms with E-state index in [-0.39, 0.29) is 11.6 Å². The van der Waals surface area contributed by atoms with E-state index in [1.807, 2.05) is 34.0 Å². The number of hydrogen-bond acceptors (Lipinski definition) is 1. The van der Waals surface area contributed by atoms with Gasteiger partial charge in [-0.1, -0.05) is 0 Å². The maximum Gasteiger partial charge on any atom is 0.244 e. The topological polar surface area (TPSA) is 6.25 Å². The van der Waals surface area contributed by atoms with E-state index in [2.05, 4.69) is 9.48 Å². The second kappa shape index (κ2) is 5.76. The molecule has 1 heterocycles. The third-order valence-electron chi connectivity index (χ3n) is 4.35. The van der Waals surface area contributed by atoms with E-state index in [9.17, 15) is 8.78 Å². The molecule has 0 fully saturated rings. The predicted octanol–water partition coefficient (Wildman–Crippen LogP) is 4.39. The van der Waals surface area contributed by atoms with E-state index < -0.39 is 0 Å². The molecule has 0 saturated heterocycles. The van der Waals surface area contributed by atoms with Crippen LogP contribution >= 0.6 is 0 Å². The summed E-state index contributed by atoms with van der Waals surface area (Å²) in [7, 11) is 0. The molecule has 0 spiro atoms. The first-order valence-electron chi connectivity index (χ1n) is 7.78. The summed E-state index contributed by atoms with van der Waals surface area (Å²) in [6.45, 7) is 9.35. The van der Waals surface area contributed by atoms with Crippen molar-refractivity contribution >= 4 is 17.7 Å². The van der Waals surface area contributed by atoms with E-state index >= 15 is 0 Å². The second-order valence-corrected chi connectivity index (χ2v) is 6.28. The minimum absolute atomic E-state index is 0.204. The van der Waals surface area contributed by atoms with Crippen LogP contribution < -0.4 is 4.90 Å². The highest BCUT2D eigenvalue weighted by molar-refractivity contribution is 5.81. The first kappa shape index (κ1) is 15.7. The van der Waals surface area contributed by atoms with Crippen LogP contribution in [0.4, 0.5) is 20.2 Å². The highest BCUT2D eigenvalue weighted by Gasteiger charge is 2.27. The lowest BCUT2D eigenvalue weighted by molar-refractivity contribution is -0.425. The third-order valence-corrected chi connectivity index (χ3v) is 4.35. The predicted molar refractivity (Wildman–Crippen MR) is 89.9 cm³/mol. The Morgan fingerprint density at radius 3 is 1.83 bits per heavy atom. The summed E-state index contributed by atoms with van der Waals surface area (Å²) in [6.07, 6.45) is 2.04. The first-order valence-corrected chi connectivity index (χ1v) is 7.78. The van der Waals surface area contributed by atoms with Crippen LogP contribution in [0.3, 0.4) is 0 Å². The summed E-state index contributed by atoms with van der Waals surface area (Å²) in [6, 6.07) is 6.25. The van der Waals surface area contributed by atoms with Crippen LogP contribution in [0.15, 0.2) is 24.3 Å². The van der Waals surface area contributed by atoms with Gasteiger partial charge >= 0.3 is 0 Å². The van der Waals surface area contributed by atoms with Gasteiger partial charge in [0.1, 0.15) is 36.1 Å². The molecule has 0 saturated carbocycles. The Hall–Kier alpha value is -2.23. The van der Waals surface area contributed by atoms with Crippen molar-refractivity contribution in [2.24, 2.45) is 0 Å². The highest BCUT2D eigenvalue weighted by atomic mass is 19.1. The quantitative estimate of drug-likeness (QED) is 0.745. The van der Waals surface area contributed by atoms with E-state index in [0.717, 1.165) is 46.7 Å². The molecule has 0 radical (unpaired) electrons. The molecule has 0 atom stereocenters. The Morgan fingerprint density at radius 1 is 0.826 bits per heavy atom. The minimum atomic E-state index is -0.204. The number of nitrogens with zero attached hydrogens (tertiary/aromatic N) is 2. The van der Waals surface area contributed by atoms with Gasteiger partial charge in [0.15, 0.2) is 0 Å². The van der Waals surface area contributed by atoms with Gasteiger partial charge in [-0.3, -0.25) is 0 Å². The molecule has 23 heavy (non-hydrogen) atoms. The van der Waals surface area contributed by atoms with Crippen LogP contribution in [-0.4, -0.2) is 24.0 Å². The van der Waals surface area contributed by atoms with Gasteiger partial charge in [-0.25, -0.2) is 18.3 Å². The summed E-state index contributed by atoms with van der Waals surface area (Å²) in [5.41, 5.74) is 5.79. The fourth-order valence-corrected chi connectivity index (χ4v) is 3.55. The third kappa shape index (κ3) is 2.85. The molecule has 0 aromatic heterocycles. The molecule has 1 aliphatic heterocycles. The van der Waals surface area contributed by atoms with Crippen LogP contribution in [0.1, 0.15) is 22.3 Å². The molecule has 120 valence electrons. The van der Waals surface area contributed by atoms with Crippen molar-refractivity contribution in [3.8, 4) is 0 Å². The van der Waals surface area contributed by atoms with Gasteiger partial charge in [0, 0.05) is 0 Å². The molecule has 0 N–H and O–H groups in total. The number of benzene rings is 2. The van der Waals surface area contributed by atoms with Crippen molar-refractivity contribution in [1.29, 1.82) is 0 Å². The van der Waals surface area contributed by atoms with Gasteiger partial charge in [0.05, 0.1) is 0 Å². The van der Waals surface area contributed by atoms with E-state index in [4.69, 9.17) is 0 Å². The summed E-state index contributed by atoms with van der Waals surface area (Å²) >= 11 is 0. The van der Waals surface area contributed by atoms with Gasteiger partial charge < -0.3 is 0 Å². The van der Waals surface area contributed by atoms with Crippen molar-refractivity contribution in [2.75, 3.05) is 18.0 Å². The molecule has 2 nitrogen and oxygen atoms in total. The molecule has 0 aliphatic carbocycles. The lowest BCUT2D eigenvalue weighted by Gasteiger charge is -2.13. The number of rotatable bonds is 2. The Balaban J connectivity index is 2.03. The Labute approximate surface area is 135 Å². The number of aryl methyl sites for hydroxylation is 4. The highest BCUT2D eigenvalue weighted by Crippen LogP contribution is 2.30. The summed E-state index contributed by atoms with van der Waals surface area (Å²) in [5, 5.41) is 0. The summed E-state index contributed by atoms with van der Waals surface area (Å²) in [5.74, 6) is -0.407. The minimum Gasteiger partial charge on any atom is -0.229 e. The molecule has 0 amide bonds. The molecule has 0 unspecified atom stereocenters. The van der Waals surface area contributed by atoms with Crippen LogP contribution in [0.5, 0.6) is 0 Å². The Kier molecular flexibility index (Phi) is 3.92. The average molecular weight is 315 g/mol. The van der Waals surface area contributed by atoms with Gasteiger partial charge in [-0.15, -0.1) is 0 Å². The largest absolute Gasteiger partial charge is 0.244 e. The van der Waals surface area contributed by atoms with Gasteiger partial charge in [-0.05, 0) is 74.2 Å². The summed E-state index contributed by atoms with van der Waals surface area (Å²) < 4.78 is 29.2. The van der Waals surface area contributed by atoms with Crippen LogP contribution in [0.2, 0.25) is 0 Å². The standard InChI is InChI=1S/C19H21F2N2/c1-12-7-16(20)8-13(2)18(12)22-5-6-23(11-22)19-14(3)9-17(21)10-15(19)4/h7-11H,5-6H2,1-4H3/q+1. The maximum atomic E-state index is 13.5. The first-order chi connectivity index (χ1) is 10.9. The van der Waals surface area contributed by atoms with E-state index in [1.165, 1.54) is 0 Å². The normalized spacial score (nSPS) is 14.3. The van der Waals surface area contributed by atoms with Crippen LogP contribution in [0, 0.1) is 39.3 Å². The van der Waals surface area contributed by atoms with E-state index in [0.29, 0.717) is 0 Å². The molecular formula is C19H21F2N2+. The number of hydrogen-bond donors (Lipinski definition) is 0. The Bertz CT molecular complexity index is 763. The van der Waals surface area contributed by atoms with Gasteiger partial charge in [0.25, 0.3) is 0 Å². The molecule has 4 heteroatoms. The van der Waals surface area contributed by atoms with Crippen molar-refractivity contribution < 1.29 is 13.4 Å². The van der Waals surface area contributed by atoms with Gasteiger partial charge in [0.2, 0.25) is 6.34 Å². The zero-order valence-corrected chi connectivity index (χ0v) is 14.0. The van der Waals surface area contributed by atoms with Gasteiger partial charge in [-0.2, -0.15) is 0 Å². The second-order valence-electron chi connectivity index (χ2n) is 6.28. The molecule has 3 rings (SSSR count). The van der Waals surface area contributed by atoms with Crippen LogP contribution in [-0.2, 0) is 0 Å². The number of halogens is 2. The molecule has 0 bridgehead atoms. The fourth-order valence-electron chi connectivity index (χ4n) is 3.55. The molecule has 2 aromatic carbocycles. The zero-order chi connectivity index (χ0) is 16.7. The number of anilines is 1. The van der Waals surface area contributed by atoms with E-state index in [1.54, 1.807) is 24.3 Å². The maximum absolute atomic E-state index is 13.5. The Morgan fingerprint density at radius 2 is 1.30 bits per heavy atom. The summed E-state index contributed by atoms with van der Waals surface area (Å²) in [4.78, 5) is 2.15. The molecular weight excluding hydrogens is 294 g/mol. The van der Waals surface area contributed by atoms with Crippen LogP contribution in [0.25, 0.3) is 0 Å². The van der Waals surface area contributed by atoms with Crippen molar-refractivity contribution in [3.63, 3.8) is 0 Å². The lowest BCUT2D eigenvalue weighted by atomic mass is 10.1. The lowest BCUT2D eigenvalue weighted by Crippen LogP contribution is -2.20. The molecule has 1 aliphatic rings. The fraction of sp³-hybridized carbons (Fsp3) is 0.316. The molecule has 2 aromatic rings. The van der Waals surface area contributed by atoms with Crippen molar-refractivity contribution in [2.45, 2.75) is 27.7 Å². The monoisotopic (exact) mass is 315 g/mol. The smallest absolute Gasteiger partial charge is 0.229 e. The average Bonchev–Trinajstić information content (AvgIpc) is 2.85. The van der Waals surface area contributed by atoms with Crippen molar-refractivity contribution in [1.82, 2.24) is 0 Å². The zero-order valence-electron chi connectivity index (χ0n) is 14.0. The van der Waals surface area contributed by atoms with Crippen molar-refractivity contribution in [3.05, 3.63) is 58.2 Å². The SMILES string of the molecule is Cc1cc(F)cc(C)c1N1C=[N+](c2c(C)cc(F)cc2C)CC1.